The van der Waals surface area contributed by atoms with Crippen LogP contribution in [0.4, 0.5) is 5.69 Å². The van der Waals surface area contributed by atoms with Crippen LogP contribution in [0.2, 0.25) is 0 Å². The molecule has 0 fully saturated rings. The quantitative estimate of drug-likeness (QED) is 0.457. The standard InChI is InChI=1S/C17H12Br2N2O/c18-13-3-6-15(7-4-13)20-21-17(11-22)9-1-2-12-10-14(19)5-8-16(12)17/h1-8,10-11H,9H2. The van der Waals surface area contributed by atoms with Crippen LogP contribution < -0.4 is 0 Å². The first-order chi connectivity index (χ1) is 10.6. The van der Waals surface area contributed by atoms with Crippen molar-refractivity contribution in [2.24, 2.45) is 10.2 Å². The minimum atomic E-state index is -0.947. The molecule has 0 N–H and O–H groups in total. The van der Waals surface area contributed by atoms with Crippen molar-refractivity contribution in [1.82, 2.24) is 0 Å². The van der Waals surface area contributed by atoms with Gasteiger partial charge < -0.3 is 4.79 Å². The van der Waals surface area contributed by atoms with Crippen LogP contribution in [0.15, 0.2) is 67.7 Å². The summed E-state index contributed by atoms with van der Waals surface area (Å²) in [7, 11) is 0. The van der Waals surface area contributed by atoms with Gasteiger partial charge in [0.15, 0.2) is 11.8 Å². The van der Waals surface area contributed by atoms with Crippen LogP contribution in [0.3, 0.4) is 0 Å². The van der Waals surface area contributed by atoms with Crippen molar-refractivity contribution in [3.8, 4) is 0 Å². The summed E-state index contributed by atoms with van der Waals surface area (Å²) in [5, 5.41) is 8.64. The summed E-state index contributed by atoms with van der Waals surface area (Å²) in [5.41, 5.74) is 1.65. The Labute approximate surface area is 145 Å². The third-order valence-electron chi connectivity index (χ3n) is 3.57. The molecule has 3 nitrogen and oxygen atoms in total. The Morgan fingerprint density at radius 2 is 1.77 bits per heavy atom. The Hall–Kier alpha value is -1.59. The zero-order valence-electron chi connectivity index (χ0n) is 11.5. The van der Waals surface area contributed by atoms with E-state index in [1.165, 1.54) is 0 Å². The van der Waals surface area contributed by atoms with Crippen molar-refractivity contribution in [2.75, 3.05) is 0 Å². The highest BCUT2D eigenvalue weighted by molar-refractivity contribution is 9.10. The summed E-state index contributed by atoms with van der Waals surface area (Å²) >= 11 is 6.84. The van der Waals surface area contributed by atoms with E-state index in [0.717, 1.165) is 32.0 Å². The molecule has 2 aromatic rings. The Kier molecular flexibility index (Phi) is 4.36. The number of fused-ring (bicyclic) bond motifs is 1. The van der Waals surface area contributed by atoms with E-state index in [9.17, 15) is 4.79 Å². The molecule has 0 aliphatic heterocycles. The molecule has 0 spiro atoms. The van der Waals surface area contributed by atoms with Crippen LogP contribution in [-0.4, -0.2) is 6.29 Å². The van der Waals surface area contributed by atoms with Crippen LogP contribution in [-0.2, 0) is 10.3 Å². The zero-order valence-corrected chi connectivity index (χ0v) is 14.7. The number of hydrogen-bond acceptors (Lipinski definition) is 3. The second-order valence-electron chi connectivity index (χ2n) is 5.06. The van der Waals surface area contributed by atoms with Crippen molar-refractivity contribution in [3.63, 3.8) is 0 Å². The Morgan fingerprint density at radius 3 is 2.50 bits per heavy atom. The van der Waals surface area contributed by atoms with Gasteiger partial charge in [-0.15, -0.1) is 0 Å². The molecule has 1 unspecified atom stereocenters. The maximum absolute atomic E-state index is 11.8. The highest BCUT2D eigenvalue weighted by atomic mass is 79.9. The number of halogens is 2. The Morgan fingerprint density at radius 1 is 1.05 bits per heavy atom. The highest BCUT2D eigenvalue weighted by Gasteiger charge is 2.35. The summed E-state index contributed by atoms with van der Waals surface area (Å²) < 4.78 is 1.95. The lowest BCUT2D eigenvalue weighted by Crippen LogP contribution is -2.27. The summed E-state index contributed by atoms with van der Waals surface area (Å²) in [6.07, 6.45) is 5.37. The van der Waals surface area contributed by atoms with Crippen LogP contribution >= 0.6 is 31.9 Å². The largest absolute Gasteiger partial charge is 0.300 e. The smallest absolute Gasteiger partial charge is 0.166 e. The van der Waals surface area contributed by atoms with Gasteiger partial charge in [-0.25, -0.2) is 0 Å². The number of benzene rings is 2. The average molecular weight is 420 g/mol. The van der Waals surface area contributed by atoms with E-state index in [0.29, 0.717) is 6.42 Å². The lowest BCUT2D eigenvalue weighted by atomic mass is 9.82. The molecule has 2 aromatic carbocycles. The molecule has 0 heterocycles. The first-order valence-corrected chi connectivity index (χ1v) is 8.33. The average Bonchev–Trinajstić information content (AvgIpc) is 2.54. The summed E-state index contributed by atoms with van der Waals surface area (Å²) in [5.74, 6) is 0. The minimum Gasteiger partial charge on any atom is -0.300 e. The number of rotatable bonds is 3. The molecule has 0 amide bonds. The molecular formula is C17H12Br2N2O. The van der Waals surface area contributed by atoms with Crippen LogP contribution in [0.5, 0.6) is 0 Å². The second-order valence-corrected chi connectivity index (χ2v) is 6.89. The third kappa shape index (κ3) is 2.96. The van der Waals surface area contributed by atoms with Crippen LogP contribution in [0.1, 0.15) is 17.5 Å². The molecule has 3 rings (SSSR count). The van der Waals surface area contributed by atoms with E-state index in [1.54, 1.807) is 0 Å². The zero-order chi connectivity index (χ0) is 15.6. The molecule has 22 heavy (non-hydrogen) atoms. The normalized spacial score (nSPS) is 20.1. The summed E-state index contributed by atoms with van der Waals surface area (Å²) in [4.78, 5) is 11.8. The minimum absolute atomic E-state index is 0.519. The first-order valence-electron chi connectivity index (χ1n) is 6.74. The van der Waals surface area contributed by atoms with E-state index < -0.39 is 5.54 Å². The summed E-state index contributed by atoms with van der Waals surface area (Å²) in [6.45, 7) is 0. The second kappa shape index (κ2) is 6.26. The van der Waals surface area contributed by atoms with Crippen LogP contribution in [0, 0.1) is 0 Å². The predicted molar refractivity (Wildman–Crippen MR) is 94.2 cm³/mol. The van der Waals surface area contributed by atoms with Gasteiger partial charge in [0.2, 0.25) is 0 Å². The first kappa shape index (κ1) is 15.3. The molecule has 1 aliphatic carbocycles. The van der Waals surface area contributed by atoms with E-state index in [2.05, 4.69) is 42.1 Å². The predicted octanol–water partition coefficient (Wildman–Crippen LogP) is 5.81. The van der Waals surface area contributed by atoms with Gasteiger partial charge >= 0.3 is 0 Å². The maximum atomic E-state index is 11.8. The molecule has 5 heteroatoms. The molecular weight excluding hydrogens is 408 g/mol. The number of aldehydes is 1. The lowest BCUT2D eigenvalue weighted by Gasteiger charge is -2.26. The Bertz CT molecular complexity index is 769. The number of carbonyl (C=O) groups is 1. The fourth-order valence-electron chi connectivity index (χ4n) is 2.43. The van der Waals surface area contributed by atoms with Crippen molar-refractivity contribution in [2.45, 2.75) is 12.0 Å². The van der Waals surface area contributed by atoms with Gasteiger partial charge in [0.05, 0.1) is 5.69 Å². The van der Waals surface area contributed by atoms with Gasteiger partial charge in [-0.3, -0.25) is 0 Å². The fourth-order valence-corrected chi connectivity index (χ4v) is 3.07. The van der Waals surface area contributed by atoms with E-state index in [-0.39, 0.29) is 0 Å². The monoisotopic (exact) mass is 418 g/mol. The molecule has 0 bridgehead atoms. The topological polar surface area (TPSA) is 41.8 Å². The van der Waals surface area contributed by atoms with Gasteiger partial charge in [-0.05, 0) is 47.5 Å². The SMILES string of the molecule is O=CC1(N=Nc2ccc(Br)cc2)CC=Cc2cc(Br)ccc21. The number of nitrogens with zero attached hydrogens (tertiary/aromatic N) is 2. The van der Waals surface area contributed by atoms with Crippen molar-refractivity contribution in [1.29, 1.82) is 0 Å². The van der Waals surface area contributed by atoms with E-state index in [1.807, 2.05) is 54.6 Å². The molecule has 110 valence electrons. The van der Waals surface area contributed by atoms with Gasteiger partial charge in [-0.1, -0.05) is 50.1 Å². The van der Waals surface area contributed by atoms with Gasteiger partial charge in [-0.2, -0.15) is 10.2 Å². The van der Waals surface area contributed by atoms with E-state index in [4.69, 9.17) is 0 Å². The maximum Gasteiger partial charge on any atom is 0.166 e. The van der Waals surface area contributed by atoms with Crippen molar-refractivity contribution in [3.05, 3.63) is 68.6 Å². The van der Waals surface area contributed by atoms with Crippen molar-refractivity contribution >= 4 is 49.9 Å². The third-order valence-corrected chi connectivity index (χ3v) is 4.59. The molecule has 1 atom stereocenters. The van der Waals surface area contributed by atoms with Gasteiger partial charge in [0.25, 0.3) is 0 Å². The summed E-state index contributed by atoms with van der Waals surface area (Å²) in [6, 6.07) is 13.3. The van der Waals surface area contributed by atoms with Crippen molar-refractivity contribution < 1.29 is 4.79 Å². The number of carbonyl (C=O) groups excluding carboxylic acids is 1. The van der Waals surface area contributed by atoms with Gasteiger partial charge in [0, 0.05) is 15.4 Å². The fraction of sp³-hybridized carbons (Fsp3) is 0.118. The van der Waals surface area contributed by atoms with Gasteiger partial charge in [0.1, 0.15) is 0 Å². The Balaban J connectivity index is 2.01. The highest BCUT2D eigenvalue weighted by Crippen LogP contribution is 2.37. The van der Waals surface area contributed by atoms with E-state index >= 15 is 0 Å². The molecule has 0 saturated carbocycles. The molecule has 1 aliphatic rings. The molecule has 0 saturated heterocycles. The van der Waals surface area contributed by atoms with Crippen LogP contribution in [0.25, 0.3) is 6.08 Å². The molecule has 0 aromatic heterocycles. The number of hydrogen-bond donors (Lipinski definition) is 0. The molecule has 0 radical (unpaired) electrons. The lowest BCUT2D eigenvalue weighted by molar-refractivity contribution is -0.112. The number of azo groups is 1.